The van der Waals surface area contributed by atoms with Crippen LogP contribution >= 0.6 is 22.6 Å². The van der Waals surface area contributed by atoms with Crippen LogP contribution in [0.4, 0.5) is 0 Å². The number of aromatic nitrogens is 2. The molecule has 1 aliphatic carbocycles. The van der Waals surface area contributed by atoms with Gasteiger partial charge in [0.1, 0.15) is 0 Å². The van der Waals surface area contributed by atoms with Crippen LogP contribution in [-0.2, 0) is 6.54 Å². The van der Waals surface area contributed by atoms with E-state index in [1.54, 1.807) is 0 Å². The van der Waals surface area contributed by atoms with E-state index in [0.29, 0.717) is 0 Å². The molecule has 1 heterocycles. The number of nitrogens with zero attached hydrogens (tertiary/aromatic N) is 2. The standard InChI is InChI=1S/C11H18IN3/c12-10-8-14-15(9-10)7-3-1-2-6-13-11-4-5-11/h8-9,11,13H,1-7H2. The molecular weight excluding hydrogens is 301 g/mol. The maximum absolute atomic E-state index is 4.27. The number of hydrogen-bond acceptors (Lipinski definition) is 2. The molecule has 0 unspecified atom stereocenters. The van der Waals surface area contributed by atoms with Crippen molar-refractivity contribution in [1.29, 1.82) is 0 Å². The summed E-state index contributed by atoms with van der Waals surface area (Å²) >= 11 is 2.30. The van der Waals surface area contributed by atoms with E-state index >= 15 is 0 Å². The van der Waals surface area contributed by atoms with Gasteiger partial charge in [-0.1, -0.05) is 6.42 Å². The predicted octanol–water partition coefficient (Wildman–Crippen LogP) is 2.41. The Morgan fingerprint density at radius 1 is 1.40 bits per heavy atom. The van der Waals surface area contributed by atoms with Crippen LogP contribution in [0.5, 0.6) is 0 Å². The van der Waals surface area contributed by atoms with E-state index in [-0.39, 0.29) is 0 Å². The maximum atomic E-state index is 4.27. The molecule has 1 N–H and O–H groups in total. The predicted molar refractivity (Wildman–Crippen MR) is 69.8 cm³/mol. The average Bonchev–Trinajstić information content (AvgIpc) is 2.95. The second-order valence-electron chi connectivity index (χ2n) is 4.21. The Morgan fingerprint density at radius 2 is 2.27 bits per heavy atom. The van der Waals surface area contributed by atoms with Crippen molar-refractivity contribution in [2.45, 2.75) is 44.7 Å². The Bertz CT molecular complexity index is 294. The van der Waals surface area contributed by atoms with Crippen molar-refractivity contribution >= 4 is 22.6 Å². The molecule has 0 spiro atoms. The third kappa shape index (κ3) is 4.51. The SMILES string of the molecule is Ic1cnn(CCCCCNC2CC2)c1. The fourth-order valence-electron chi connectivity index (χ4n) is 1.63. The molecule has 0 amide bonds. The zero-order valence-corrected chi connectivity index (χ0v) is 11.1. The number of halogens is 1. The highest BCUT2D eigenvalue weighted by Crippen LogP contribution is 2.18. The van der Waals surface area contributed by atoms with E-state index in [4.69, 9.17) is 0 Å². The second kappa shape index (κ2) is 5.84. The molecule has 1 fully saturated rings. The quantitative estimate of drug-likeness (QED) is 0.618. The molecule has 15 heavy (non-hydrogen) atoms. The summed E-state index contributed by atoms with van der Waals surface area (Å²) in [6, 6.07) is 0.859. The molecule has 2 rings (SSSR count). The molecule has 0 radical (unpaired) electrons. The molecule has 84 valence electrons. The normalized spacial score (nSPS) is 15.8. The van der Waals surface area contributed by atoms with Crippen LogP contribution in [0.1, 0.15) is 32.1 Å². The molecule has 3 nitrogen and oxygen atoms in total. The Kier molecular flexibility index (Phi) is 4.43. The first-order valence-corrected chi connectivity index (χ1v) is 6.84. The summed E-state index contributed by atoms with van der Waals surface area (Å²) in [5.74, 6) is 0. The molecule has 1 aromatic heterocycles. The van der Waals surface area contributed by atoms with Crippen LogP contribution in [-0.4, -0.2) is 22.4 Å². The van der Waals surface area contributed by atoms with Crippen molar-refractivity contribution < 1.29 is 0 Å². The van der Waals surface area contributed by atoms with E-state index in [0.717, 1.165) is 12.6 Å². The van der Waals surface area contributed by atoms with E-state index in [1.807, 2.05) is 10.9 Å². The summed E-state index contributed by atoms with van der Waals surface area (Å²) in [4.78, 5) is 0. The Hall–Kier alpha value is -0.100. The largest absolute Gasteiger partial charge is 0.314 e. The van der Waals surface area contributed by atoms with Gasteiger partial charge in [0.25, 0.3) is 0 Å². The molecule has 1 saturated carbocycles. The molecule has 0 aliphatic heterocycles. The number of nitrogens with one attached hydrogen (secondary N) is 1. The highest BCUT2D eigenvalue weighted by atomic mass is 127. The number of rotatable bonds is 7. The van der Waals surface area contributed by atoms with E-state index in [2.05, 4.69) is 39.2 Å². The molecule has 0 aromatic carbocycles. The van der Waals surface area contributed by atoms with Gasteiger partial charge in [0.05, 0.1) is 9.77 Å². The van der Waals surface area contributed by atoms with Gasteiger partial charge >= 0.3 is 0 Å². The van der Waals surface area contributed by atoms with Crippen molar-refractivity contribution in [2.24, 2.45) is 0 Å². The van der Waals surface area contributed by atoms with Crippen LogP contribution in [0.15, 0.2) is 12.4 Å². The topological polar surface area (TPSA) is 29.9 Å². The van der Waals surface area contributed by atoms with Gasteiger partial charge in [-0.25, -0.2) is 0 Å². The lowest BCUT2D eigenvalue weighted by Gasteiger charge is -2.03. The van der Waals surface area contributed by atoms with Gasteiger partial charge in [-0.2, -0.15) is 5.10 Å². The lowest BCUT2D eigenvalue weighted by atomic mass is 10.2. The summed E-state index contributed by atoms with van der Waals surface area (Å²) in [6.45, 7) is 2.26. The zero-order valence-electron chi connectivity index (χ0n) is 8.95. The highest BCUT2D eigenvalue weighted by Gasteiger charge is 2.19. The minimum absolute atomic E-state index is 0.859. The van der Waals surface area contributed by atoms with E-state index < -0.39 is 0 Å². The molecule has 4 heteroatoms. The van der Waals surface area contributed by atoms with Gasteiger partial charge in [0, 0.05) is 18.8 Å². The van der Waals surface area contributed by atoms with Gasteiger partial charge in [-0.05, 0) is 54.8 Å². The average molecular weight is 319 g/mol. The van der Waals surface area contributed by atoms with Crippen molar-refractivity contribution in [3.63, 3.8) is 0 Å². The molecule has 0 saturated heterocycles. The van der Waals surface area contributed by atoms with Crippen molar-refractivity contribution in [2.75, 3.05) is 6.54 Å². The van der Waals surface area contributed by atoms with Crippen LogP contribution in [0.3, 0.4) is 0 Å². The van der Waals surface area contributed by atoms with Crippen molar-refractivity contribution in [3.8, 4) is 0 Å². The monoisotopic (exact) mass is 319 g/mol. The van der Waals surface area contributed by atoms with E-state index in [1.165, 1.54) is 42.2 Å². The number of aryl methyl sites for hydroxylation is 1. The number of hydrogen-bond donors (Lipinski definition) is 1. The Morgan fingerprint density at radius 3 is 2.93 bits per heavy atom. The highest BCUT2D eigenvalue weighted by molar-refractivity contribution is 14.1. The summed E-state index contributed by atoms with van der Waals surface area (Å²) in [5, 5.41) is 7.80. The Balaban J connectivity index is 1.47. The van der Waals surface area contributed by atoms with Crippen LogP contribution < -0.4 is 5.32 Å². The van der Waals surface area contributed by atoms with Crippen LogP contribution in [0, 0.1) is 3.57 Å². The Labute approximate surface area is 105 Å². The number of unbranched alkanes of at least 4 members (excludes halogenated alkanes) is 2. The smallest absolute Gasteiger partial charge is 0.0623 e. The van der Waals surface area contributed by atoms with Crippen molar-refractivity contribution in [1.82, 2.24) is 15.1 Å². The van der Waals surface area contributed by atoms with Gasteiger partial charge in [0.2, 0.25) is 0 Å². The van der Waals surface area contributed by atoms with Gasteiger partial charge in [-0.15, -0.1) is 0 Å². The second-order valence-corrected chi connectivity index (χ2v) is 5.46. The van der Waals surface area contributed by atoms with Gasteiger partial charge in [-0.3, -0.25) is 4.68 Å². The van der Waals surface area contributed by atoms with E-state index in [9.17, 15) is 0 Å². The molecular formula is C11H18IN3. The first-order chi connectivity index (χ1) is 7.34. The molecule has 0 atom stereocenters. The zero-order chi connectivity index (χ0) is 10.5. The maximum Gasteiger partial charge on any atom is 0.0623 e. The van der Waals surface area contributed by atoms with Gasteiger partial charge in [0.15, 0.2) is 0 Å². The van der Waals surface area contributed by atoms with Crippen LogP contribution in [0.25, 0.3) is 0 Å². The summed E-state index contributed by atoms with van der Waals surface area (Å²) in [7, 11) is 0. The molecule has 1 aromatic rings. The van der Waals surface area contributed by atoms with Gasteiger partial charge < -0.3 is 5.32 Å². The lowest BCUT2D eigenvalue weighted by Crippen LogP contribution is -2.17. The lowest BCUT2D eigenvalue weighted by molar-refractivity contribution is 0.528. The molecule has 0 bridgehead atoms. The summed E-state index contributed by atoms with van der Waals surface area (Å²) in [6.07, 6.45) is 10.6. The third-order valence-corrected chi connectivity index (χ3v) is 3.23. The molecule has 1 aliphatic rings. The first-order valence-electron chi connectivity index (χ1n) is 5.76. The van der Waals surface area contributed by atoms with Crippen molar-refractivity contribution in [3.05, 3.63) is 16.0 Å². The minimum atomic E-state index is 0.859. The fraction of sp³-hybridized carbons (Fsp3) is 0.727. The van der Waals surface area contributed by atoms with Crippen LogP contribution in [0.2, 0.25) is 0 Å². The first kappa shape index (κ1) is 11.4. The summed E-state index contributed by atoms with van der Waals surface area (Å²) in [5.41, 5.74) is 0. The summed E-state index contributed by atoms with van der Waals surface area (Å²) < 4.78 is 3.26. The fourth-order valence-corrected chi connectivity index (χ4v) is 2.08. The third-order valence-electron chi connectivity index (χ3n) is 2.68. The minimum Gasteiger partial charge on any atom is -0.314 e.